The lowest BCUT2D eigenvalue weighted by Crippen LogP contribution is -2.12. The number of carbonyl (C=O) groups is 1. The topological polar surface area (TPSA) is 64.3 Å². The van der Waals surface area contributed by atoms with E-state index in [1.807, 2.05) is 44.3 Å². The summed E-state index contributed by atoms with van der Waals surface area (Å²) in [6.45, 7) is 2.57. The van der Waals surface area contributed by atoms with Gasteiger partial charge in [-0.25, -0.2) is 0 Å². The van der Waals surface area contributed by atoms with Crippen molar-refractivity contribution in [3.8, 4) is 11.5 Å². The molecule has 0 aromatic heterocycles. The number of carbonyl (C=O) groups excluding carboxylic acids is 1. The Morgan fingerprint density at radius 3 is 2.65 bits per heavy atom. The summed E-state index contributed by atoms with van der Waals surface area (Å²) >= 11 is 0. The average Bonchev–Trinajstić information content (AvgIpc) is 2.41. The van der Waals surface area contributed by atoms with Crippen molar-refractivity contribution < 1.29 is 9.53 Å². The zero-order valence-corrected chi connectivity index (χ0v) is 11.6. The molecule has 4 nitrogen and oxygen atoms in total. The highest BCUT2D eigenvalue weighted by molar-refractivity contribution is 5.94. The fraction of sp³-hybridized carbons (Fsp3) is 0.188. The first-order valence-electron chi connectivity index (χ1n) is 6.42. The normalized spacial score (nSPS) is 10.3. The molecule has 0 saturated carbocycles. The van der Waals surface area contributed by atoms with Crippen molar-refractivity contribution in [1.29, 1.82) is 0 Å². The molecule has 20 heavy (non-hydrogen) atoms. The molecular weight excluding hydrogens is 252 g/mol. The number of nitrogens with two attached hydrogens (primary N) is 1. The Morgan fingerprint density at radius 2 is 2.00 bits per heavy atom. The molecule has 3 N–H and O–H groups in total. The first-order chi connectivity index (χ1) is 9.61. The Morgan fingerprint density at radius 1 is 1.25 bits per heavy atom. The Hall–Kier alpha value is -2.33. The van der Waals surface area contributed by atoms with Gasteiger partial charge in [-0.1, -0.05) is 18.2 Å². The fourth-order valence-electron chi connectivity index (χ4n) is 2.04. The number of ether oxygens (including phenoxy) is 1. The van der Waals surface area contributed by atoms with E-state index in [-0.39, 0.29) is 0 Å². The molecule has 0 aliphatic heterocycles. The first-order valence-corrected chi connectivity index (χ1v) is 6.42. The summed E-state index contributed by atoms with van der Waals surface area (Å²) in [7, 11) is 1.89. The maximum Gasteiger partial charge on any atom is 0.248 e. The van der Waals surface area contributed by atoms with Crippen molar-refractivity contribution in [1.82, 2.24) is 5.32 Å². The van der Waals surface area contributed by atoms with Crippen LogP contribution in [0.2, 0.25) is 0 Å². The molecule has 0 aliphatic carbocycles. The maximum absolute atomic E-state index is 11.2. The van der Waals surface area contributed by atoms with Crippen LogP contribution in [0, 0.1) is 6.92 Å². The number of hydrogen-bond acceptors (Lipinski definition) is 3. The molecule has 0 saturated heterocycles. The molecular formula is C16H18N2O2. The molecule has 0 aliphatic rings. The van der Waals surface area contributed by atoms with Crippen LogP contribution in [0.1, 0.15) is 21.5 Å². The van der Waals surface area contributed by atoms with Crippen molar-refractivity contribution in [2.45, 2.75) is 13.5 Å². The minimum atomic E-state index is -0.426. The van der Waals surface area contributed by atoms with Crippen molar-refractivity contribution in [2.24, 2.45) is 5.73 Å². The van der Waals surface area contributed by atoms with Crippen LogP contribution < -0.4 is 15.8 Å². The van der Waals surface area contributed by atoms with E-state index in [0.717, 1.165) is 23.4 Å². The quantitative estimate of drug-likeness (QED) is 0.877. The van der Waals surface area contributed by atoms with E-state index < -0.39 is 5.91 Å². The highest BCUT2D eigenvalue weighted by Gasteiger charge is 2.08. The molecule has 1 amide bonds. The standard InChI is InChI=1S/C16H18N2O2/c1-11-9-13(7-8-14(11)16(17)19)20-15-6-4-3-5-12(15)10-18-2/h3-9,18H,10H2,1-2H3,(H2,17,19). The molecule has 2 aromatic rings. The molecule has 2 rings (SSSR count). The largest absolute Gasteiger partial charge is 0.457 e. The van der Waals surface area contributed by atoms with E-state index in [1.165, 1.54) is 0 Å². The molecule has 104 valence electrons. The average molecular weight is 270 g/mol. The summed E-state index contributed by atoms with van der Waals surface area (Å²) in [5.41, 5.74) is 7.69. The summed E-state index contributed by atoms with van der Waals surface area (Å²) in [6.07, 6.45) is 0. The lowest BCUT2D eigenvalue weighted by Gasteiger charge is -2.12. The lowest BCUT2D eigenvalue weighted by molar-refractivity contribution is 0.0999. The highest BCUT2D eigenvalue weighted by Crippen LogP contribution is 2.26. The second-order valence-corrected chi connectivity index (χ2v) is 4.58. The van der Waals surface area contributed by atoms with Gasteiger partial charge in [-0.05, 0) is 43.8 Å². The summed E-state index contributed by atoms with van der Waals surface area (Å²) in [5, 5.41) is 3.10. The molecule has 2 aromatic carbocycles. The molecule has 0 radical (unpaired) electrons. The SMILES string of the molecule is CNCc1ccccc1Oc1ccc(C(N)=O)c(C)c1. The van der Waals surface area contributed by atoms with Crippen molar-refractivity contribution >= 4 is 5.91 Å². The van der Waals surface area contributed by atoms with E-state index in [9.17, 15) is 4.79 Å². The number of aryl methyl sites for hydroxylation is 1. The molecule has 0 spiro atoms. The third-order valence-corrected chi connectivity index (χ3v) is 3.03. The predicted octanol–water partition coefficient (Wildman–Crippen LogP) is 2.61. The van der Waals surface area contributed by atoms with Crippen LogP contribution in [0.3, 0.4) is 0 Å². The van der Waals surface area contributed by atoms with Gasteiger partial charge in [0.25, 0.3) is 0 Å². The van der Waals surface area contributed by atoms with Gasteiger partial charge < -0.3 is 15.8 Å². The van der Waals surface area contributed by atoms with E-state index >= 15 is 0 Å². The van der Waals surface area contributed by atoms with E-state index in [0.29, 0.717) is 11.3 Å². The van der Waals surface area contributed by atoms with Crippen molar-refractivity contribution in [2.75, 3.05) is 7.05 Å². The Balaban J connectivity index is 2.26. The van der Waals surface area contributed by atoms with Crippen LogP contribution in [-0.2, 0) is 6.54 Å². The van der Waals surface area contributed by atoms with Gasteiger partial charge in [0.05, 0.1) is 0 Å². The van der Waals surface area contributed by atoms with Gasteiger partial charge in [-0.3, -0.25) is 4.79 Å². The zero-order chi connectivity index (χ0) is 14.5. The molecule has 4 heteroatoms. The van der Waals surface area contributed by atoms with Gasteiger partial charge in [0.15, 0.2) is 0 Å². The lowest BCUT2D eigenvalue weighted by atomic mass is 10.1. The van der Waals surface area contributed by atoms with Gasteiger partial charge >= 0.3 is 0 Å². The van der Waals surface area contributed by atoms with E-state index in [1.54, 1.807) is 12.1 Å². The first kappa shape index (κ1) is 14.1. The van der Waals surface area contributed by atoms with Gasteiger partial charge in [0.2, 0.25) is 5.91 Å². The number of para-hydroxylation sites is 1. The van der Waals surface area contributed by atoms with E-state index in [4.69, 9.17) is 10.5 Å². The third kappa shape index (κ3) is 3.16. The number of benzene rings is 2. The monoisotopic (exact) mass is 270 g/mol. The number of amides is 1. The fourth-order valence-corrected chi connectivity index (χ4v) is 2.04. The number of hydrogen-bond donors (Lipinski definition) is 2. The van der Waals surface area contributed by atoms with Crippen LogP contribution in [0.25, 0.3) is 0 Å². The predicted molar refractivity (Wildman–Crippen MR) is 79.0 cm³/mol. The zero-order valence-electron chi connectivity index (χ0n) is 11.6. The molecule has 0 heterocycles. The Kier molecular flexibility index (Phi) is 4.38. The van der Waals surface area contributed by atoms with E-state index in [2.05, 4.69) is 5.32 Å². The number of nitrogens with one attached hydrogen (secondary N) is 1. The van der Waals surface area contributed by atoms with Gasteiger partial charge in [-0.15, -0.1) is 0 Å². The molecule has 0 unspecified atom stereocenters. The molecule has 0 atom stereocenters. The van der Waals surface area contributed by atoms with Gasteiger partial charge in [0, 0.05) is 17.7 Å². The van der Waals surface area contributed by atoms with Crippen molar-refractivity contribution in [3.05, 3.63) is 59.2 Å². The minimum Gasteiger partial charge on any atom is -0.457 e. The van der Waals surface area contributed by atoms with Gasteiger partial charge in [-0.2, -0.15) is 0 Å². The summed E-state index contributed by atoms with van der Waals surface area (Å²) in [5.74, 6) is 1.06. The number of primary amides is 1. The van der Waals surface area contributed by atoms with Crippen LogP contribution in [0.15, 0.2) is 42.5 Å². The molecule has 0 fully saturated rings. The van der Waals surface area contributed by atoms with Crippen LogP contribution in [0.5, 0.6) is 11.5 Å². The van der Waals surface area contributed by atoms with Crippen LogP contribution in [-0.4, -0.2) is 13.0 Å². The summed E-state index contributed by atoms with van der Waals surface area (Å²) < 4.78 is 5.89. The minimum absolute atomic E-state index is 0.426. The van der Waals surface area contributed by atoms with Crippen LogP contribution in [0.4, 0.5) is 0 Å². The van der Waals surface area contributed by atoms with Crippen molar-refractivity contribution in [3.63, 3.8) is 0 Å². The summed E-state index contributed by atoms with van der Waals surface area (Å²) in [4.78, 5) is 11.2. The third-order valence-electron chi connectivity index (χ3n) is 3.03. The maximum atomic E-state index is 11.2. The Bertz CT molecular complexity index is 624. The second-order valence-electron chi connectivity index (χ2n) is 4.58. The second kappa shape index (κ2) is 6.21. The van der Waals surface area contributed by atoms with Crippen LogP contribution >= 0.6 is 0 Å². The summed E-state index contributed by atoms with van der Waals surface area (Å²) in [6, 6.07) is 13.1. The molecule has 0 bridgehead atoms. The van der Waals surface area contributed by atoms with Gasteiger partial charge in [0.1, 0.15) is 11.5 Å². The number of rotatable bonds is 5. The smallest absolute Gasteiger partial charge is 0.248 e. The Labute approximate surface area is 118 Å². The highest BCUT2D eigenvalue weighted by atomic mass is 16.5.